The van der Waals surface area contributed by atoms with Gasteiger partial charge in [0.15, 0.2) is 32.5 Å². The number of hydrogen-bond acceptors (Lipinski definition) is 29. The summed E-state index contributed by atoms with van der Waals surface area (Å²) in [6.45, 7) is 10.3. The average molecular weight is 1480 g/mol. The third-order valence-electron chi connectivity index (χ3n) is 17.9. The molecule has 1 unspecified atom stereocenters. The van der Waals surface area contributed by atoms with Crippen LogP contribution in [0, 0.1) is 5.92 Å². The molecular formula is C72H77N25O6S3. The highest BCUT2D eigenvalue weighted by Gasteiger charge is 2.31. The van der Waals surface area contributed by atoms with Crippen LogP contribution in [0.3, 0.4) is 0 Å². The third-order valence-corrected chi connectivity index (χ3v) is 20.7. The fourth-order valence-electron chi connectivity index (χ4n) is 12.2. The van der Waals surface area contributed by atoms with Crippen LogP contribution >= 0.6 is 34.0 Å². The highest BCUT2D eigenvalue weighted by atomic mass is 32.1. The van der Waals surface area contributed by atoms with Gasteiger partial charge in [-0.25, -0.2) is 34.7 Å². The Hall–Kier alpha value is -11.1. The van der Waals surface area contributed by atoms with Crippen LogP contribution in [0.25, 0.3) is 99.3 Å². The van der Waals surface area contributed by atoms with Crippen molar-refractivity contribution in [2.24, 2.45) is 27.1 Å². The zero-order valence-corrected chi connectivity index (χ0v) is 61.3. The topological polar surface area (TPSA) is 376 Å². The summed E-state index contributed by atoms with van der Waals surface area (Å²) in [6.07, 6.45) is 18.9. The molecule has 34 heteroatoms. The number of anilines is 3. The first kappa shape index (κ1) is 71.8. The lowest BCUT2D eigenvalue weighted by atomic mass is 10.0. The molecule has 12 aromatic rings. The summed E-state index contributed by atoms with van der Waals surface area (Å²) in [5.74, 6) is 3.32. The number of benzene rings is 3. The Morgan fingerprint density at radius 2 is 0.972 bits per heavy atom. The normalized spacial score (nSPS) is 16.4. The van der Waals surface area contributed by atoms with Gasteiger partial charge in [0, 0.05) is 162 Å². The molecule has 3 atom stereocenters. The number of likely N-dealkylation sites (tertiary alicyclic amines) is 2. The number of amides is 2. The van der Waals surface area contributed by atoms with E-state index in [1.54, 1.807) is 42.4 Å². The van der Waals surface area contributed by atoms with Gasteiger partial charge in [-0.15, -0.1) is 30.6 Å². The second-order valence-corrected chi connectivity index (χ2v) is 29.3. The number of carbonyl (C=O) groups excluding carboxylic acids is 3. The quantitative estimate of drug-likeness (QED) is 0.0377. The van der Waals surface area contributed by atoms with E-state index in [4.69, 9.17) is 19.7 Å². The van der Waals surface area contributed by atoms with Crippen LogP contribution in [0.1, 0.15) is 68.9 Å². The first-order valence-corrected chi connectivity index (χ1v) is 37.1. The Balaban J connectivity index is 0.000000134. The molecule has 13 heterocycles. The van der Waals surface area contributed by atoms with Gasteiger partial charge >= 0.3 is 5.97 Å². The number of aryl methyl sites for hydroxylation is 3. The highest BCUT2D eigenvalue weighted by molar-refractivity contribution is 7.17. The fourth-order valence-corrected chi connectivity index (χ4v) is 14.7. The van der Waals surface area contributed by atoms with Crippen LogP contribution in [-0.4, -0.2) is 218 Å². The van der Waals surface area contributed by atoms with Crippen LogP contribution < -0.4 is 26.6 Å². The molecule has 9 aromatic heterocycles. The zero-order valence-electron chi connectivity index (χ0n) is 58.9. The van der Waals surface area contributed by atoms with Crippen LogP contribution in [0.5, 0.6) is 0 Å². The van der Waals surface area contributed by atoms with E-state index in [-0.39, 0.29) is 33.9 Å². The minimum Gasteiger partial charge on any atom is -0.464 e. The number of hydrogen-bond donors (Lipinski definition) is 7. The maximum absolute atomic E-state index is 12.9. The molecule has 4 saturated heterocycles. The van der Waals surface area contributed by atoms with E-state index < -0.39 is 18.2 Å². The lowest BCUT2D eigenvalue weighted by Crippen LogP contribution is -2.45. The number of β-amino-alcohol motifs (C(OH)–C–C–N with tert-alkyl or cyclic N) is 2. The second-order valence-electron chi connectivity index (χ2n) is 26.3. The molecular weight excluding hydrogens is 1410 g/mol. The van der Waals surface area contributed by atoms with Crippen LogP contribution in [0.15, 0.2) is 129 Å². The highest BCUT2D eigenvalue weighted by Crippen LogP contribution is 2.37. The summed E-state index contributed by atoms with van der Waals surface area (Å²) in [5, 5.41) is 76.9. The average Bonchev–Trinajstić information content (AvgIpc) is 1.47. The van der Waals surface area contributed by atoms with Gasteiger partial charge in [-0.05, 0) is 81.0 Å². The SMILES string of the molecule is CC(C)Nc1nc(-c2cccc(-c3cnn(C)c3)c2)ncc1-c1nnc(C(=O)N2CC[C@H](O)C2)s1.COC(=O)c1nnc(-c2cnc(-c3cccc(-c4cnn(C)c4)c3)nc2NCC2CNC2)s1.Cn1cc(-c2cccc(-c3ncc(-c4nnc(C(=O)N5CC[C@H](O)C5)s4)c(NC4CCCNC4)n3)c2)cn1. The molecule has 0 saturated carbocycles. The van der Waals surface area contributed by atoms with E-state index in [9.17, 15) is 24.6 Å². The van der Waals surface area contributed by atoms with E-state index in [2.05, 4.69) is 93.5 Å². The Morgan fingerprint density at radius 3 is 1.38 bits per heavy atom. The van der Waals surface area contributed by atoms with Crippen molar-refractivity contribution >= 4 is 69.2 Å². The summed E-state index contributed by atoms with van der Waals surface area (Å²) >= 11 is 3.58. The number of aliphatic hydroxyl groups excluding tert-OH is 2. The molecule has 7 N–H and O–H groups in total. The Kier molecular flexibility index (Phi) is 22.0. The molecule has 0 spiro atoms. The first-order valence-electron chi connectivity index (χ1n) is 34.6. The minimum absolute atomic E-state index is 0.123. The van der Waals surface area contributed by atoms with Gasteiger partial charge in [0.25, 0.3) is 11.8 Å². The van der Waals surface area contributed by atoms with Gasteiger partial charge in [-0.1, -0.05) is 88.6 Å². The predicted molar refractivity (Wildman–Crippen MR) is 403 cm³/mol. The Bertz CT molecular complexity index is 5100. The van der Waals surface area contributed by atoms with Gasteiger partial charge in [-0.2, -0.15) is 15.3 Å². The van der Waals surface area contributed by atoms with E-state index in [1.165, 1.54) is 29.8 Å². The van der Waals surface area contributed by atoms with Crippen LogP contribution in [0.2, 0.25) is 0 Å². The number of piperidine rings is 1. The standard InChI is InChI=1S/C26H29N9O2S.C24H26N8O2S.C22H22N8O2S/c1-34-14-18(11-29-34)16-4-2-5-17(10-16)22-28-13-21(23(31-22)30-19-6-3-8-27-12-19)24-32-33-25(38-24)26(37)35-9-7-20(36)15-35;1-14(2)27-21-19(22-29-30-23(35-22)24(34)32-8-7-18(33)13-32)11-25-20(28-21)16-6-4-5-15(9-16)17-10-26-31(3)12-17;1-30-12-16(10-26-30)14-4-3-5-15(6-14)18-25-11-17(19(27-18)24-9-13-7-23-8-13)20-28-29-21(33-20)22(31)32-2/h2,4-5,10-11,13-14,19-20,27,36H,3,6-9,12,15H2,1H3,(H,28,30,31);4-6,9-12,14,18,33H,7-8,13H2,1-3H3,(H,25,27,28);3-6,10-13,23H,7-9H2,1-2H3,(H,24,25,27)/t19?,20-;18-;/m00./s1. The lowest BCUT2D eigenvalue weighted by molar-refractivity contribution is 0.0598. The Morgan fingerprint density at radius 1 is 0.538 bits per heavy atom. The van der Waals surface area contributed by atoms with Crippen molar-refractivity contribution in [1.29, 1.82) is 0 Å². The fraction of sp³-hybridized carbons (Fsp3) is 0.333. The van der Waals surface area contributed by atoms with Gasteiger partial charge < -0.3 is 51.3 Å². The van der Waals surface area contributed by atoms with E-state index in [0.29, 0.717) is 117 Å². The lowest BCUT2D eigenvalue weighted by Gasteiger charge is -2.27. The molecule has 0 radical (unpaired) electrons. The largest absolute Gasteiger partial charge is 0.464 e. The molecule has 0 bridgehead atoms. The monoisotopic (exact) mass is 1480 g/mol. The summed E-state index contributed by atoms with van der Waals surface area (Å²) in [4.78, 5) is 69.2. The van der Waals surface area contributed by atoms with Crippen molar-refractivity contribution < 1.29 is 29.3 Å². The summed E-state index contributed by atoms with van der Waals surface area (Å²) in [5.41, 5.74) is 10.9. The minimum atomic E-state index is -0.515. The van der Waals surface area contributed by atoms with Crippen molar-refractivity contribution in [3.8, 4) is 99.3 Å². The number of esters is 1. The maximum Gasteiger partial charge on any atom is 0.369 e. The smallest absolute Gasteiger partial charge is 0.369 e. The van der Waals surface area contributed by atoms with E-state index >= 15 is 0 Å². The molecule has 16 rings (SSSR count). The summed E-state index contributed by atoms with van der Waals surface area (Å²) in [7, 11) is 7.00. The number of carbonyl (C=O) groups is 3. The number of aliphatic hydroxyl groups is 2. The van der Waals surface area contributed by atoms with Crippen molar-refractivity contribution in [3.05, 3.63) is 144 Å². The van der Waals surface area contributed by atoms with E-state index in [1.807, 2.05) is 139 Å². The van der Waals surface area contributed by atoms with Gasteiger partial charge in [-0.3, -0.25) is 23.6 Å². The van der Waals surface area contributed by atoms with Gasteiger partial charge in [0.2, 0.25) is 15.0 Å². The number of rotatable bonds is 19. The number of ether oxygens (including phenoxy) is 1. The predicted octanol–water partition coefficient (Wildman–Crippen LogP) is 8.00. The zero-order chi connectivity index (χ0) is 73.4. The molecule has 106 heavy (non-hydrogen) atoms. The molecule has 31 nitrogen and oxygen atoms in total. The summed E-state index contributed by atoms with van der Waals surface area (Å²) < 4.78 is 10.1. The van der Waals surface area contributed by atoms with Crippen molar-refractivity contribution in [2.75, 3.05) is 82.0 Å². The van der Waals surface area contributed by atoms with Crippen molar-refractivity contribution in [1.82, 2.24) is 110 Å². The molecule has 544 valence electrons. The molecule has 4 fully saturated rings. The molecule has 2 amide bonds. The van der Waals surface area contributed by atoms with E-state index in [0.717, 1.165) is 107 Å². The number of methoxy groups -OCH3 is 1. The van der Waals surface area contributed by atoms with Crippen LogP contribution in [0.4, 0.5) is 17.5 Å². The Labute approximate surface area is 621 Å². The van der Waals surface area contributed by atoms with Crippen molar-refractivity contribution in [2.45, 2.75) is 63.8 Å². The molecule has 3 aromatic carbocycles. The molecule has 4 aliphatic rings. The third kappa shape index (κ3) is 17.0. The first-order chi connectivity index (χ1) is 51.5. The summed E-state index contributed by atoms with van der Waals surface area (Å²) in [6, 6.07) is 24.5. The van der Waals surface area contributed by atoms with Gasteiger partial charge in [0.05, 0.1) is 54.6 Å². The second kappa shape index (κ2) is 32.5. The number of nitrogens with zero attached hydrogens (tertiary/aromatic N) is 20. The molecule has 0 aliphatic carbocycles. The molecule has 4 aliphatic heterocycles. The van der Waals surface area contributed by atoms with Gasteiger partial charge in [0.1, 0.15) is 17.5 Å². The maximum atomic E-state index is 12.9. The van der Waals surface area contributed by atoms with Crippen molar-refractivity contribution in [3.63, 3.8) is 0 Å². The number of nitrogens with one attached hydrogen (secondary N) is 5. The van der Waals surface area contributed by atoms with Crippen LogP contribution in [-0.2, 0) is 25.9 Å². The number of aromatic nitrogens is 18.